The molecular formula is C35H44N4O5. The number of hydrogen-bond donors (Lipinski definition) is 2. The minimum atomic E-state index is -0.841. The number of methoxy groups -OCH3 is 1. The van der Waals surface area contributed by atoms with Crippen LogP contribution in [-0.4, -0.2) is 93.7 Å². The van der Waals surface area contributed by atoms with Crippen LogP contribution in [0.3, 0.4) is 0 Å². The summed E-state index contributed by atoms with van der Waals surface area (Å²) in [5, 5.41) is 6.06. The number of nitrogens with zero attached hydrogens (tertiary/aromatic N) is 2. The van der Waals surface area contributed by atoms with Crippen molar-refractivity contribution in [2.45, 2.75) is 43.8 Å². The molecule has 0 aliphatic carbocycles. The highest BCUT2D eigenvalue weighted by molar-refractivity contribution is 5.92. The van der Waals surface area contributed by atoms with E-state index in [1.165, 1.54) is 9.80 Å². The van der Waals surface area contributed by atoms with Gasteiger partial charge in [0.25, 0.3) is 0 Å². The smallest absolute Gasteiger partial charge is 0.249 e. The van der Waals surface area contributed by atoms with Crippen LogP contribution in [0.15, 0.2) is 78.9 Å². The topological polar surface area (TPSA) is 100 Å². The van der Waals surface area contributed by atoms with Gasteiger partial charge in [0.2, 0.25) is 17.7 Å². The van der Waals surface area contributed by atoms with E-state index in [0.29, 0.717) is 18.8 Å². The number of hydrogen-bond acceptors (Lipinski definition) is 6. The molecule has 234 valence electrons. The van der Waals surface area contributed by atoms with Gasteiger partial charge in [-0.05, 0) is 53.8 Å². The molecule has 2 N–H and O–H groups in total. The second-order valence-corrected chi connectivity index (χ2v) is 11.2. The van der Waals surface area contributed by atoms with E-state index in [-0.39, 0.29) is 36.8 Å². The summed E-state index contributed by atoms with van der Waals surface area (Å²) < 4.78 is 11.0. The number of carbonyl (C=O) groups excluding carboxylic acids is 3. The number of nitrogens with one attached hydrogen (secondary N) is 2. The predicted molar refractivity (Wildman–Crippen MR) is 171 cm³/mol. The molecule has 0 bridgehead atoms. The molecule has 44 heavy (non-hydrogen) atoms. The third-order valence-electron chi connectivity index (χ3n) is 8.30. The molecule has 1 aliphatic rings. The monoisotopic (exact) mass is 600 g/mol. The SMILES string of the molecule is CNC(=O)[C@@H](Cc1ccc(OC)cc1)N(C)C(=O)[C@@H](Cc1ccc(-c2ccccc2)cc1)N(C)C(=O)COC[C@@H]1CCCN1. The second kappa shape index (κ2) is 16.0. The first-order chi connectivity index (χ1) is 21.3. The normalized spacial score (nSPS) is 15.7. The Bertz CT molecular complexity index is 1360. The van der Waals surface area contributed by atoms with Crippen molar-refractivity contribution in [1.82, 2.24) is 20.4 Å². The second-order valence-electron chi connectivity index (χ2n) is 11.2. The molecular weight excluding hydrogens is 556 g/mol. The molecule has 9 nitrogen and oxygen atoms in total. The van der Waals surface area contributed by atoms with Crippen molar-refractivity contribution in [2.24, 2.45) is 0 Å². The fraction of sp³-hybridized carbons (Fsp3) is 0.400. The zero-order chi connectivity index (χ0) is 31.5. The van der Waals surface area contributed by atoms with Gasteiger partial charge in [-0.2, -0.15) is 0 Å². The van der Waals surface area contributed by atoms with Crippen LogP contribution in [-0.2, 0) is 32.0 Å². The summed E-state index contributed by atoms with van der Waals surface area (Å²) in [6.07, 6.45) is 2.70. The Morgan fingerprint density at radius 2 is 1.48 bits per heavy atom. The molecule has 3 amide bonds. The summed E-state index contributed by atoms with van der Waals surface area (Å²) >= 11 is 0. The molecule has 3 aromatic carbocycles. The summed E-state index contributed by atoms with van der Waals surface area (Å²) in [4.78, 5) is 43.5. The molecule has 0 radical (unpaired) electrons. The fourth-order valence-electron chi connectivity index (χ4n) is 5.49. The number of amides is 3. The molecule has 1 aliphatic heterocycles. The Hall–Kier alpha value is -4.21. The first-order valence-electron chi connectivity index (χ1n) is 15.1. The van der Waals surface area contributed by atoms with Crippen molar-refractivity contribution in [3.8, 4) is 16.9 Å². The Labute approximate surface area is 260 Å². The highest BCUT2D eigenvalue weighted by Crippen LogP contribution is 2.22. The zero-order valence-electron chi connectivity index (χ0n) is 26.1. The largest absolute Gasteiger partial charge is 0.497 e. The average molecular weight is 601 g/mol. The minimum absolute atomic E-state index is 0.125. The Kier molecular flexibility index (Phi) is 11.9. The average Bonchev–Trinajstić information content (AvgIpc) is 3.59. The first kappa shape index (κ1) is 32.7. The molecule has 1 fully saturated rings. The van der Waals surface area contributed by atoms with Gasteiger partial charge < -0.3 is 29.9 Å². The van der Waals surface area contributed by atoms with Gasteiger partial charge in [-0.3, -0.25) is 14.4 Å². The van der Waals surface area contributed by atoms with Crippen molar-refractivity contribution >= 4 is 17.7 Å². The summed E-state index contributed by atoms with van der Waals surface area (Å²) in [7, 11) is 6.41. The minimum Gasteiger partial charge on any atom is -0.497 e. The van der Waals surface area contributed by atoms with Crippen molar-refractivity contribution < 1.29 is 23.9 Å². The van der Waals surface area contributed by atoms with Crippen LogP contribution < -0.4 is 15.4 Å². The molecule has 9 heteroatoms. The van der Waals surface area contributed by atoms with E-state index in [1.54, 1.807) is 28.3 Å². The fourth-order valence-corrected chi connectivity index (χ4v) is 5.49. The van der Waals surface area contributed by atoms with Gasteiger partial charge in [0.05, 0.1) is 13.7 Å². The van der Waals surface area contributed by atoms with E-state index in [2.05, 4.69) is 10.6 Å². The Balaban J connectivity index is 1.54. The molecule has 3 aromatic rings. The maximum absolute atomic E-state index is 14.2. The quantitative estimate of drug-likeness (QED) is 0.295. The van der Waals surface area contributed by atoms with Crippen LogP contribution in [0.2, 0.25) is 0 Å². The van der Waals surface area contributed by atoms with Crippen LogP contribution in [0.25, 0.3) is 11.1 Å². The lowest BCUT2D eigenvalue weighted by atomic mass is 9.98. The lowest BCUT2D eigenvalue weighted by Crippen LogP contribution is -2.56. The molecule has 3 atom stereocenters. The van der Waals surface area contributed by atoms with Crippen molar-refractivity contribution in [1.29, 1.82) is 0 Å². The number of rotatable bonds is 14. The van der Waals surface area contributed by atoms with Crippen molar-refractivity contribution in [2.75, 3.05) is 48.0 Å². The van der Waals surface area contributed by atoms with Gasteiger partial charge in [0.15, 0.2) is 0 Å². The molecule has 1 heterocycles. The van der Waals surface area contributed by atoms with Crippen LogP contribution in [0.4, 0.5) is 0 Å². The van der Waals surface area contributed by atoms with E-state index in [0.717, 1.165) is 41.6 Å². The predicted octanol–water partition coefficient (Wildman–Crippen LogP) is 3.32. The van der Waals surface area contributed by atoms with Gasteiger partial charge in [0, 0.05) is 40.0 Å². The molecule has 0 spiro atoms. The summed E-state index contributed by atoms with van der Waals surface area (Å²) in [5.74, 6) is -0.196. The summed E-state index contributed by atoms with van der Waals surface area (Å²) in [6, 6.07) is 24.1. The Morgan fingerprint density at radius 1 is 0.864 bits per heavy atom. The third kappa shape index (κ3) is 8.67. The highest BCUT2D eigenvalue weighted by atomic mass is 16.5. The van der Waals surface area contributed by atoms with Crippen LogP contribution in [0.5, 0.6) is 5.75 Å². The summed E-state index contributed by atoms with van der Waals surface area (Å²) in [6.45, 7) is 1.27. The molecule has 0 unspecified atom stereocenters. The van der Waals surface area contributed by atoms with Gasteiger partial charge in [0.1, 0.15) is 24.4 Å². The molecule has 0 aromatic heterocycles. The Morgan fingerprint density at radius 3 is 2.07 bits per heavy atom. The third-order valence-corrected chi connectivity index (χ3v) is 8.30. The molecule has 0 saturated carbocycles. The van der Waals surface area contributed by atoms with E-state index in [1.807, 2.05) is 78.9 Å². The maximum atomic E-state index is 14.2. The standard InChI is InChI=1S/C35H44N4O5/c1-36-34(41)31(21-26-14-18-30(43-4)19-15-26)39(3)35(42)32(38(2)33(40)24-44-23-29-11-8-20-37-29)22-25-12-16-28(17-13-25)27-9-6-5-7-10-27/h5-7,9-10,12-19,29,31-32,37H,8,11,20-24H2,1-4H3,(H,36,41)/t29-,31+,32+/m0/s1. The lowest BCUT2D eigenvalue weighted by molar-refractivity contribution is -0.149. The van der Waals surface area contributed by atoms with Gasteiger partial charge in [-0.15, -0.1) is 0 Å². The van der Waals surface area contributed by atoms with Crippen LogP contribution in [0.1, 0.15) is 24.0 Å². The van der Waals surface area contributed by atoms with Crippen molar-refractivity contribution in [3.63, 3.8) is 0 Å². The zero-order valence-corrected chi connectivity index (χ0v) is 26.1. The molecule has 4 rings (SSSR count). The number of ether oxygens (including phenoxy) is 2. The van der Waals surface area contributed by atoms with E-state index >= 15 is 0 Å². The van der Waals surface area contributed by atoms with E-state index in [4.69, 9.17) is 9.47 Å². The van der Waals surface area contributed by atoms with Gasteiger partial charge >= 0.3 is 0 Å². The van der Waals surface area contributed by atoms with Gasteiger partial charge in [-0.25, -0.2) is 0 Å². The first-order valence-corrected chi connectivity index (χ1v) is 15.1. The van der Waals surface area contributed by atoms with E-state index < -0.39 is 12.1 Å². The van der Waals surface area contributed by atoms with Gasteiger partial charge in [-0.1, -0.05) is 66.7 Å². The number of benzene rings is 3. The maximum Gasteiger partial charge on any atom is 0.249 e. The number of carbonyl (C=O) groups is 3. The highest BCUT2D eigenvalue weighted by Gasteiger charge is 2.35. The number of likely N-dealkylation sites (N-methyl/N-ethyl adjacent to an activating group) is 3. The van der Waals surface area contributed by atoms with E-state index in [9.17, 15) is 14.4 Å². The van der Waals surface area contributed by atoms with Crippen LogP contribution in [0, 0.1) is 0 Å². The van der Waals surface area contributed by atoms with Crippen LogP contribution >= 0.6 is 0 Å². The van der Waals surface area contributed by atoms with Crippen molar-refractivity contribution in [3.05, 3.63) is 90.0 Å². The summed E-state index contributed by atoms with van der Waals surface area (Å²) in [5.41, 5.74) is 3.94. The molecule has 1 saturated heterocycles. The lowest BCUT2D eigenvalue weighted by Gasteiger charge is -2.34.